The normalized spacial score (nSPS) is 16.2. The van der Waals surface area contributed by atoms with Gasteiger partial charge in [-0.1, -0.05) is 29.8 Å². The lowest BCUT2D eigenvalue weighted by Gasteiger charge is -2.27. The van der Waals surface area contributed by atoms with Gasteiger partial charge in [0.15, 0.2) is 0 Å². The monoisotopic (exact) mass is 260 g/mol. The van der Waals surface area contributed by atoms with E-state index in [9.17, 15) is 4.79 Å². The standard InChI is InChI=1S/C16H24N2O/c1-12-4-3-5-13(10-12)6-9-16(19)18(2)15(11-17)14-7-8-14/h3-5,10,14-15H,6-9,11,17H2,1-2H3. The Balaban J connectivity index is 1.86. The van der Waals surface area contributed by atoms with E-state index >= 15 is 0 Å². The van der Waals surface area contributed by atoms with Crippen molar-refractivity contribution in [2.24, 2.45) is 11.7 Å². The molecule has 1 saturated carbocycles. The van der Waals surface area contributed by atoms with Crippen LogP contribution in [0.1, 0.15) is 30.4 Å². The van der Waals surface area contributed by atoms with Crippen LogP contribution in [0.3, 0.4) is 0 Å². The minimum Gasteiger partial charge on any atom is -0.341 e. The molecule has 1 fully saturated rings. The molecule has 3 nitrogen and oxygen atoms in total. The van der Waals surface area contributed by atoms with Crippen molar-refractivity contribution in [2.45, 2.75) is 38.6 Å². The van der Waals surface area contributed by atoms with E-state index in [1.165, 1.54) is 24.0 Å². The number of benzene rings is 1. The number of hydrogen-bond donors (Lipinski definition) is 1. The lowest BCUT2D eigenvalue weighted by atomic mass is 10.1. The first-order chi connectivity index (χ1) is 9.11. The van der Waals surface area contributed by atoms with Gasteiger partial charge in [-0.3, -0.25) is 4.79 Å². The summed E-state index contributed by atoms with van der Waals surface area (Å²) in [4.78, 5) is 14.1. The Morgan fingerprint density at radius 2 is 2.21 bits per heavy atom. The molecule has 1 aromatic rings. The van der Waals surface area contributed by atoms with Crippen LogP contribution < -0.4 is 5.73 Å². The molecule has 0 heterocycles. The van der Waals surface area contributed by atoms with E-state index in [0.717, 1.165) is 6.42 Å². The highest BCUT2D eigenvalue weighted by Gasteiger charge is 2.34. The molecule has 1 aliphatic carbocycles. The second kappa shape index (κ2) is 6.20. The van der Waals surface area contributed by atoms with Gasteiger partial charge in [0.25, 0.3) is 0 Å². The maximum absolute atomic E-state index is 12.2. The molecule has 3 heteroatoms. The number of hydrogen-bond acceptors (Lipinski definition) is 2. The minimum absolute atomic E-state index is 0.212. The number of aryl methyl sites for hydroxylation is 2. The summed E-state index contributed by atoms with van der Waals surface area (Å²) in [5.41, 5.74) is 8.27. The van der Waals surface area contributed by atoms with Crippen LogP contribution in [0.15, 0.2) is 24.3 Å². The fourth-order valence-electron chi connectivity index (χ4n) is 2.63. The van der Waals surface area contributed by atoms with Crippen LogP contribution in [0.5, 0.6) is 0 Å². The Labute approximate surface area is 115 Å². The molecule has 0 spiro atoms. The third-order valence-corrected chi connectivity index (χ3v) is 4.01. The first kappa shape index (κ1) is 14.1. The van der Waals surface area contributed by atoms with Crippen LogP contribution >= 0.6 is 0 Å². The summed E-state index contributed by atoms with van der Waals surface area (Å²) in [6, 6.07) is 8.60. The van der Waals surface area contributed by atoms with Gasteiger partial charge in [0, 0.05) is 26.1 Å². The predicted molar refractivity (Wildman–Crippen MR) is 77.8 cm³/mol. The average Bonchev–Trinajstić information content (AvgIpc) is 3.21. The molecule has 0 aromatic heterocycles. The molecule has 19 heavy (non-hydrogen) atoms. The highest BCUT2D eigenvalue weighted by molar-refractivity contribution is 5.76. The highest BCUT2D eigenvalue weighted by Crippen LogP contribution is 2.34. The number of rotatable bonds is 6. The minimum atomic E-state index is 0.212. The van der Waals surface area contributed by atoms with E-state index in [2.05, 4.69) is 25.1 Å². The van der Waals surface area contributed by atoms with Gasteiger partial charge in [-0.2, -0.15) is 0 Å². The van der Waals surface area contributed by atoms with Crippen molar-refractivity contribution >= 4 is 5.91 Å². The zero-order valence-corrected chi connectivity index (χ0v) is 11.9. The van der Waals surface area contributed by atoms with Crippen molar-refractivity contribution in [3.63, 3.8) is 0 Å². The number of likely N-dealkylation sites (N-methyl/N-ethyl adjacent to an activating group) is 1. The largest absolute Gasteiger partial charge is 0.341 e. The summed E-state index contributed by atoms with van der Waals surface area (Å²) < 4.78 is 0. The van der Waals surface area contributed by atoms with Crippen molar-refractivity contribution < 1.29 is 4.79 Å². The number of amides is 1. The van der Waals surface area contributed by atoms with E-state index in [1.54, 1.807) is 0 Å². The van der Waals surface area contributed by atoms with E-state index in [-0.39, 0.29) is 11.9 Å². The summed E-state index contributed by atoms with van der Waals surface area (Å²) in [6.07, 6.45) is 3.82. The molecule has 1 aromatic carbocycles. The van der Waals surface area contributed by atoms with Crippen LogP contribution in [0.4, 0.5) is 0 Å². The molecule has 0 bridgehead atoms. The lowest BCUT2D eigenvalue weighted by Crippen LogP contribution is -2.43. The Morgan fingerprint density at radius 1 is 1.47 bits per heavy atom. The first-order valence-electron chi connectivity index (χ1n) is 7.13. The quantitative estimate of drug-likeness (QED) is 0.851. The SMILES string of the molecule is Cc1cccc(CCC(=O)N(C)C(CN)C2CC2)c1. The molecule has 1 unspecified atom stereocenters. The highest BCUT2D eigenvalue weighted by atomic mass is 16.2. The Kier molecular flexibility index (Phi) is 4.59. The molecule has 2 N–H and O–H groups in total. The average molecular weight is 260 g/mol. The van der Waals surface area contributed by atoms with Gasteiger partial charge in [-0.05, 0) is 37.7 Å². The molecule has 0 saturated heterocycles. The van der Waals surface area contributed by atoms with Gasteiger partial charge in [0.2, 0.25) is 5.91 Å². The maximum Gasteiger partial charge on any atom is 0.222 e. The van der Waals surface area contributed by atoms with Crippen molar-refractivity contribution in [2.75, 3.05) is 13.6 Å². The van der Waals surface area contributed by atoms with Crippen LogP contribution in [0, 0.1) is 12.8 Å². The van der Waals surface area contributed by atoms with Gasteiger partial charge in [0.1, 0.15) is 0 Å². The Bertz CT molecular complexity index is 440. The van der Waals surface area contributed by atoms with Crippen molar-refractivity contribution in [3.05, 3.63) is 35.4 Å². The van der Waals surface area contributed by atoms with Gasteiger partial charge < -0.3 is 10.6 Å². The summed E-state index contributed by atoms with van der Waals surface area (Å²) in [5, 5.41) is 0. The fourth-order valence-corrected chi connectivity index (χ4v) is 2.63. The van der Waals surface area contributed by atoms with E-state index in [4.69, 9.17) is 5.73 Å². The molecule has 1 amide bonds. The number of nitrogens with zero attached hydrogens (tertiary/aromatic N) is 1. The number of nitrogens with two attached hydrogens (primary N) is 1. The van der Waals surface area contributed by atoms with Gasteiger partial charge in [-0.15, -0.1) is 0 Å². The third kappa shape index (κ3) is 3.80. The van der Waals surface area contributed by atoms with Gasteiger partial charge in [0.05, 0.1) is 0 Å². The third-order valence-electron chi connectivity index (χ3n) is 4.01. The second-order valence-corrected chi connectivity index (χ2v) is 5.63. The maximum atomic E-state index is 12.2. The zero-order chi connectivity index (χ0) is 13.8. The summed E-state index contributed by atoms with van der Waals surface area (Å²) in [6.45, 7) is 2.66. The molecule has 1 atom stereocenters. The molecule has 1 aliphatic rings. The molecular weight excluding hydrogens is 236 g/mol. The van der Waals surface area contributed by atoms with Crippen molar-refractivity contribution in [1.82, 2.24) is 4.90 Å². The van der Waals surface area contributed by atoms with Crippen LogP contribution in [-0.2, 0) is 11.2 Å². The Hall–Kier alpha value is -1.35. The summed E-state index contributed by atoms with van der Waals surface area (Å²) >= 11 is 0. The van der Waals surface area contributed by atoms with E-state index in [0.29, 0.717) is 18.9 Å². The van der Waals surface area contributed by atoms with Crippen molar-refractivity contribution in [1.29, 1.82) is 0 Å². The number of carbonyl (C=O) groups excluding carboxylic acids is 1. The topological polar surface area (TPSA) is 46.3 Å². The summed E-state index contributed by atoms with van der Waals surface area (Å²) in [5.74, 6) is 0.849. The van der Waals surface area contributed by atoms with Crippen LogP contribution in [0.2, 0.25) is 0 Å². The van der Waals surface area contributed by atoms with Crippen LogP contribution in [0.25, 0.3) is 0 Å². The lowest BCUT2D eigenvalue weighted by molar-refractivity contribution is -0.132. The molecule has 2 rings (SSSR count). The zero-order valence-electron chi connectivity index (χ0n) is 11.9. The predicted octanol–water partition coefficient (Wildman–Crippen LogP) is 2.12. The van der Waals surface area contributed by atoms with E-state index in [1.807, 2.05) is 18.0 Å². The van der Waals surface area contributed by atoms with Gasteiger partial charge >= 0.3 is 0 Å². The smallest absolute Gasteiger partial charge is 0.222 e. The summed E-state index contributed by atoms with van der Waals surface area (Å²) in [7, 11) is 1.90. The second-order valence-electron chi connectivity index (χ2n) is 5.63. The molecular formula is C16H24N2O. The fraction of sp³-hybridized carbons (Fsp3) is 0.562. The number of carbonyl (C=O) groups is 1. The van der Waals surface area contributed by atoms with E-state index < -0.39 is 0 Å². The Morgan fingerprint density at radius 3 is 2.79 bits per heavy atom. The van der Waals surface area contributed by atoms with Crippen LogP contribution in [-0.4, -0.2) is 30.4 Å². The van der Waals surface area contributed by atoms with Crippen molar-refractivity contribution in [3.8, 4) is 0 Å². The molecule has 104 valence electrons. The van der Waals surface area contributed by atoms with Gasteiger partial charge in [-0.25, -0.2) is 0 Å². The first-order valence-corrected chi connectivity index (χ1v) is 7.13. The molecule has 0 aliphatic heterocycles. The molecule has 0 radical (unpaired) electrons.